The smallest absolute Gasteiger partial charge is 0.287 e. The Bertz CT molecular complexity index is 852. The highest BCUT2D eigenvalue weighted by Gasteiger charge is 2.26. The molecule has 0 saturated heterocycles. The number of likely N-dealkylation sites (N-methyl/N-ethyl adjacent to an activating group) is 1. The topological polar surface area (TPSA) is 91.7 Å². The number of thioether (sulfide) groups is 1. The standard InChI is InChI=1S/C21H27N3O4S/c1-14-7-8-15(2)17(12-14)22-19(25)13-24(3)21(27)16(9-11-29-4)23-20(26)18-6-5-10-28-18/h5-8,10,12,16H,9,11,13H2,1-4H3,(H,22,25)(H,23,26)/t16-/m1/s1. The highest BCUT2D eigenvalue weighted by Crippen LogP contribution is 2.16. The first-order chi connectivity index (χ1) is 13.8. The Hall–Kier alpha value is -2.74. The van der Waals surface area contributed by atoms with E-state index < -0.39 is 11.9 Å². The van der Waals surface area contributed by atoms with Crippen molar-refractivity contribution < 1.29 is 18.8 Å². The van der Waals surface area contributed by atoms with Crippen LogP contribution in [0.25, 0.3) is 0 Å². The van der Waals surface area contributed by atoms with E-state index >= 15 is 0 Å². The van der Waals surface area contributed by atoms with Crippen molar-refractivity contribution in [1.29, 1.82) is 0 Å². The number of hydrogen-bond donors (Lipinski definition) is 2. The average molecular weight is 418 g/mol. The van der Waals surface area contributed by atoms with E-state index in [2.05, 4.69) is 10.6 Å². The third-order valence-corrected chi connectivity index (χ3v) is 5.03. The summed E-state index contributed by atoms with van der Waals surface area (Å²) in [6, 6.07) is 8.20. The van der Waals surface area contributed by atoms with Crippen molar-refractivity contribution in [3.63, 3.8) is 0 Å². The minimum Gasteiger partial charge on any atom is -0.459 e. The zero-order valence-corrected chi connectivity index (χ0v) is 18.0. The van der Waals surface area contributed by atoms with Crippen molar-refractivity contribution in [3.8, 4) is 0 Å². The minimum atomic E-state index is -0.737. The molecule has 1 heterocycles. The largest absolute Gasteiger partial charge is 0.459 e. The molecular weight excluding hydrogens is 390 g/mol. The van der Waals surface area contributed by atoms with Crippen LogP contribution in [0.2, 0.25) is 0 Å². The molecule has 2 rings (SSSR count). The number of furan rings is 1. The van der Waals surface area contributed by atoms with Gasteiger partial charge in [-0.1, -0.05) is 12.1 Å². The predicted octanol–water partition coefficient (Wildman–Crippen LogP) is 2.85. The zero-order chi connectivity index (χ0) is 21.4. The molecule has 2 N–H and O–H groups in total. The lowest BCUT2D eigenvalue weighted by Gasteiger charge is -2.24. The monoisotopic (exact) mass is 417 g/mol. The van der Waals surface area contributed by atoms with Crippen LogP contribution in [0, 0.1) is 13.8 Å². The number of carbonyl (C=O) groups is 3. The third kappa shape index (κ3) is 6.67. The van der Waals surface area contributed by atoms with Crippen LogP contribution in [0.15, 0.2) is 41.0 Å². The second kappa shape index (κ2) is 10.7. The molecule has 0 saturated carbocycles. The van der Waals surface area contributed by atoms with E-state index in [4.69, 9.17) is 4.42 Å². The summed E-state index contributed by atoms with van der Waals surface area (Å²) in [6.45, 7) is 3.74. The van der Waals surface area contributed by atoms with Crippen LogP contribution >= 0.6 is 11.8 Å². The molecule has 8 heteroatoms. The van der Waals surface area contributed by atoms with Crippen LogP contribution < -0.4 is 10.6 Å². The zero-order valence-electron chi connectivity index (χ0n) is 17.2. The molecule has 2 aromatic rings. The average Bonchev–Trinajstić information content (AvgIpc) is 3.22. The summed E-state index contributed by atoms with van der Waals surface area (Å²) in [7, 11) is 1.55. The van der Waals surface area contributed by atoms with E-state index in [1.165, 1.54) is 17.2 Å². The number of nitrogens with zero attached hydrogens (tertiary/aromatic N) is 1. The summed E-state index contributed by atoms with van der Waals surface area (Å²) in [5, 5.41) is 5.55. The molecule has 0 bridgehead atoms. The maximum absolute atomic E-state index is 12.9. The number of benzene rings is 1. The Balaban J connectivity index is 2.00. The van der Waals surface area contributed by atoms with Crippen molar-refractivity contribution in [3.05, 3.63) is 53.5 Å². The lowest BCUT2D eigenvalue weighted by Crippen LogP contribution is -2.49. The number of anilines is 1. The molecule has 1 atom stereocenters. The van der Waals surface area contributed by atoms with Gasteiger partial charge in [-0.25, -0.2) is 0 Å². The number of hydrogen-bond acceptors (Lipinski definition) is 5. The summed E-state index contributed by atoms with van der Waals surface area (Å²) in [4.78, 5) is 38.9. The maximum atomic E-state index is 12.9. The maximum Gasteiger partial charge on any atom is 0.287 e. The van der Waals surface area contributed by atoms with Crippen LogP contribution in [0.5, 0.6) is 0 Å². The van der Waals surface area contributed by atoms with Crippen LogP contribution in [0.3, 0.4) is 0 Å². The van der Waals surface area contributed by atoms with E-state index in [1.807, 2.05) is 38.3 Å². The number of aryl methyl sites for hydroxylation is 2. The van der Waals surface area contributed by atoms with E-state index in [0.29, 0.717) is 12.2 Å². The molecule has 0 fully saturated rings. The fraction of sp³-hybridized carbons (Fsp3) is 0.381. The quantitative estimate of drug-likeness (QED) is 0.655. The summed E-state index contributed by atoms with van der Waals surface area (Å²) < 4.78 is 5.09. The number of nitrogens with one attached hydrogen (secondary N) is 2. The van der Waals surface area contributed by atoms with Gasteiger partial charge in [0.25, 0.3) is 5.91 Å². The van der Waals surface area contributed by atoms with Crippen LogP contribution in [-0.2, 0) is 9.59 Å². The third-order valence-electron chi connectivity index (χ3n) is 4.38. The molecule has 156 valence electrons. The molecule has 0 unspecified atom stereocenters. The molecule has 0 aliphatic rings. The van der Waals surface area contributed by atoms with Gasteiger partial charge in [-0.3, -0.25) is 14.4 Å². The number of amides is 3. The van der Waals surface area contributed by atoms with Gasteiger partial charge >= 0.3 is 0 Å². The van der Waals surface area contributed by atoms with Crippen molar-refractivity contribution >= 4 is 35.2 Å². The first-order valence-corrected chi connectivity index (χ1v) is 10.7. The van der Waals surface area contributed by atoms with Gasteiger partial charge < -0.3 is 20.0 Å². The first kappa shape index (κ1) is 22.5. The number of carbonyl (C=O) groups excluding carboxylic acids is 3. The summed E-state index contributed by atoms with van der Waals surface area (Å²) >= 11 is 1.58. The molecule has 1 aromatic heterocycles. The van der Waals surface area contributed by atoms with Gasteiger partial charge in [-0.05, 0) is 61.6 Å². The van der Waals surface area contributed by atoms with Crippen molar-refractivity contribution in [1.82, 2.24) is 10.2 Å². The Morgan fingerprint density at radius 3 is 2.62 bits per heavy atom. The molecule has 0 radical (unpaired) electrons. The van der Waals surface area contributed by atoms with E-state index in [-0.39, 0.29) is 24.1 Å². The van der Waals surface area contributed by atoms with Crippen molar-refractivity contribution in [2.24, 2.45) is 0 Å². The second-order valence-electron chi connectivity index (χ2n) is 6.85. The predicted molar refractivity (Wildman–Crippen MR) is 115 cm³/mol. The van der Waals surface area contributed by atoms with Gasteiger partial charge in [-0.2, -0.15) is 11.8 Å². The van der Waals surface area contributed by atoms with Gasteiger partial charge in [0.2, 0.25) is 11.8 Å². The fourth-order valence-corrected chi connectivity index (χ4v) is 3.22. The molecule has 1 aromatic carbocycles. The normalized spacial score (nSPS) is 11.6. The summed E-state index contributed by atoms with van der Waals surface area (Å²) in [6.07, 6.45) is 3.78. The van der Waals surface area contributed by atoms with Crippen LogP contribution in [0.1, 0.15) is 28.1 Å². The lowest BCUT2D eigenvalue weighted by molar-refractivity contribution is -0.135. The second-order valence-corrected chi connectivity index (χ2v) is 7.83. The summed E-state index contributed by atoms with van der Waals surface area (Å²) in [5.74, 6) is -0.243. The van der Waals surface area contributed by atoms with Gasteiger partial charge in [0.1, 0.15) is 6.04 Å². The molecule has 0 aliphatic heterocycles. The minimum absolute atomic E-state index is 0.112. The van der Waals surface area contributed by atoms with Crippen LogP contribution in [0.4, 0.5) is 5.69 Å². The van der Waals surface area contributed by atoms with E-state index in [1.54, 1.807) is 24.9 Å². The first-order valence-electron chi connectivity index (χ1n) is 9.27. The van der Waals surface area contributed by atoms with Crippen molar-refractivity contribution in [2.75, 3.05) is 30.9 Å². The van der Waals surface area contributed by atoms with Gasteiger partial charge in [0.05, 0.1) is 12.8 Å². The Morgan fingerprint density at radius 1 is 1.21 bits per heavy atom. The molecular formula is C21H27N3O4S. The molecule has 0 spiro atoms. The van der Waals surface area contributed by atoms with E-state index in [0.717, 1.165) is 16.8 Å². The SMILES string of the molecule is CSCC[C@@H](NC(=O)c1ccco1)C(=O)N(C)CC(=O)Nc1cc(C)ccc1C. The van der Waals surface area contributed by atoms with Gasteiger partial charge in [-0.15, -0.1) is 0 Å². The number of rotatable bonds is 9. The molecule has 0 aliphatic carbocycles. The highest BCUT2D eigenvalue weighted by atomic mass is 32.2. The highest BCUT2D eigenvalue weighted by molar-refractivity contribution is 7.98. The van der Waals surface area contributed by atoms with Gasteiger partial charge in [0.15, 0.2) is 5.76 Å². The molecule has 3 amide bonds. The summed E-state index contributed by atoms with van der Waals surface area (Å²) in [5.41, 5.74) is 2.70. The van der Waals surface area contributed by atoms with E-state index in [9.17, 15) is 14.4 Å². The van der Waals surface area contributed by atoms with Gasteiger partial charge in [0, 0.05) is 12.7 Å². The molecule has 7 nitrogen and oxygen atoms in total. The Labute approximate surface area is 175 Å². The Kier molecular flexibility index (Phi) is 8.33. The lowest BCUT2D eigenvalue weighted by atomic mass is 10.1. The molecule has 29 heavy (non-hydrogen) atoms. The Morgan fingerprint density at radius 2 is 1.97 bits per heavy atom. The van der Waals surface area contributed by atoms with Crippen LogP contribution in [-0.4, -0.2) is 54.3 Å². The fourth-order valence-electron chi connectivity index (χ4n) is 2.75. The van der Waals surface area contributed by atoms with Crippen molar-refractivity contribution in [2.45, 2.75) is 26.3 Å².